The normalized spacial score (nSPS) is 14.7. The molecule has 1 aliphatic rings. The van der Waals surface area contributed by atoms with E-state index < -0.39 is 0 Å². The Morgan fingerprint density at radius 1 is 1.47 bits per heavy atom. The largest absolute Gasteiger partial charge is 0.380 e. The maximum atomic E-state index is 6.10. The van der Waals surface area contributed by atoms with Gasteiger partial charge in [0.05, 0.1) is 15.9 Å². The Kier molecular flexibility index (Phi) is 3.58. The third-order valence-corrected chi connectivity index (χ3v) is 4.59. The molecule has 1 aliphatic carbocycles. The molecular weight excluding hydrogens is 276 g/mol. The Bertz CT molecular complexity index is 670. The van der Waals surface area contributed by atoms with Crippen LogP contribution in [0.15, 0.2) is 35.2 Å². The van der Waals surface area contributed by atoms with Gasteiger partial charge in [0.1, 0.15) is 5.15 Å². The van der Waals surface area contributed by atoms with Crippen LogP contribution >= 0.6 is 22.9 Å². The van der Waals surface area contributed by atoms with E-state index in [-0.39, 0.29) is 0 Å². The van der Waals surface area contributed by atoms with Gasteiger partial charge < -0.3 is 5.32 Å². The summed E-state index contributed by atoms with van der Waals surface area (Å²) in [7, 11) is 0. The molecule has 19 heavy (non-hydrogen) atoms. The summed E-state index contributed by atoms with van der Waals surface area (Å²) in [5, 5.41) is 6.17. The van der Waals surface area contributed by atoms with Gasteiger partial charge >= 0.3 is 0 Å². The number of thiophene rings is 1. The quantitative estimate of drug-likeness (QED) is 0.809. The number of nitrogens with one attached hydrogen (secondary N) is 1. The predicted molar refractivity (Wildman–Crippen MR) is 84.3 cm³/mol. The molecule has 0 saturated heterocycles. The zero-order valence-electron chi connectivity index (χ0n) is 10.7. The van der Waals surface area contributed by atoms with Gasteiger partial charge in [-0.05, 0) is 30.7 Å². The van der Waals surface area contributed by atoms with E-state index in [1.54, 1.807) is 11.3 Å². The monoisotopic (exact) mass is 290 g/mol. The number of halogens is 1. The van der Waals surface area contributed by atoms with Crippen molar-refractivity contribution < 1.29 is 0 Å². The zero-order valence-corrected chi connectivity index (χ0v) is 12.3. The van der Waals surface area contributed by atoms with Gasteiger partial charge in [0.2, 0.25) is 0 Å². The lowest BCUT2D eigenvalue weighted by Gasteiger charge is -2.12. The molecule has 2 aromatic heterocycles. The second-order valence-corrected chi connectivity index (χ2v) is 6.00. The lowest BCUT2D eigenvalue weighted by molar-refractivity contribution is 0.934. The number of anilines is 1. The van der Waals surface area contributed by atoms with E-state index in [9.17, 15) is 0 Å². The molecule has 0 unspecified atom stereocenters. The summed E-state index contributed by atoms with van der Waals surface area (Å²) < 4.78 is 1.19. The van der Waals surface area contributed by atoms with Gasteiger partial charge in [0, 0.05) is 12.6 Å². The van der Waals surface area contributed by atoms with Gasteiger partial charge in [0.15, 0.2) is 0 Å². The molecule has 0 aromatic carbocycles. The number of allylic oxidation sites excluding steroid dienone is 3. The molecule has 0 aliphatic heterocycles. The molecule has 0 radical (unpaired) electrons. The maximum absolute atomic E-state index is 6.10. The number of hydrogen-bond acceptors (Lipinski definition) is 3. The topological polar surface area (TPSA) is 24.9 Å². The molecular formula is C15H15ClN2S. The highest BCUT2D eigenvalue weighted by Crippen LogP contribution is 2.32. The van der Waals surface area contributed by atoms with Crippen LogP contribution in [0.3, 0.4) is 0 Å². The van der Waals surface area contributed by atoms with Crippen LogP contribution in [-0.2, 0) is 0 Å². The molecule has 4 heteroatoms. The number of fused-ring (bicyclic) bond motifs is 1. The van der Waals surface area contributed by atoms with Crippen molar-refractivity contribution in [2.45, 2.75) is 19.8 Å². The van der Waals surface area contributed by atoms with Crippen LogP contribution in [0, 0.1) is 6.92 Å². The van der Waals surface area contributed by atoms with Gasteiger partial charge in [-0.2, -0.15) is 0 Å². The second-order valence-electron chi connectivity index (χ2n) is 4.73. The van der Waals surface area contributed by atoms with Crippen LogP contribution in [0.4, 0.5) is 5.69 Å². The first kappa shape index (κ1) is 12.7. The van der Waals surface area contributed by atoms with E-state index in [2.05, 4.69) is 40.8 Å². The standard InChI is InChI=1S/C15H15ClN2S/c1-10-9-19-15-12(7-13(16)18-14(10)15)17-8-11-5-3-2-4-6-11/h2-3,5,7,9H,4,6,8H2,1H3,(H,17,18). The number of aryl methyl sites for hydroxylation is 1. The molecule has 0 fully saturated rings. The molecule has 2 nitrogen and oxygen atoms in total. The number of aromatic nitrogens is 1. The second kappa shape index (κ2) is 5.35. The van der Waals surface area contributed by atoms with Crippen molar-refractivity contribution in [1.82, 2.24) is 4.98 Å². The van der Waals surface area contributed by atoms with Crippen LogP contribution in [0.5, 0.6) is 0 Å². The Hall–Kier alpha value is -1.32. The minimum absolute atomic E-state index is 0.550. The van der Waals surface area contributed by atoms with Crippen molar-refractivity contribution in [3.05, 3.63) is 46.0 Å². The summed E-state index contributed by atoms with van der Waals surface area (Å²) in [6.07, 6.45) is 8.79. The fourth-order valence-electron chi connectivity index (χ4n) is 2.23. The first-order valence-electron chi connectivity index (χ1n) is 6.37. The van der Waals surface area contributed by atoms with Gasteiger partial charge in [-0.3, -0.25) is 0 Å². The summed E-state index contributed by atoms with van der Waals surface area (Å²) in [4.78, 5) is 4.40. The van der Waals surface area contributed by atoms with Crippen molar-refractivity contribution in [2.75, 3.05) is 11.9 Å². The summed E-state index contributed by atoms with van der Waals surface area (Å²) in [6.45, 7) is 2.94. The van der Waals surface area contributed by atoms with E-state index in [0.29, 0.717) is 5.15 Å². The minimum atomic E-state index is 0.550. The van der Waals surface area contributed by atoms with Crippen molar-refractivity contribution >= 4 is 38.8 Å². The lowest BCUT2D eigenvalue weighted by atomic mass is 10.1. The van der Waals surface area contributed by atoms with E-state index in [1.807, 2.05) is 6.07 Å². The molecule has 0 bridgehead atoms. The fraction of sp³-hybridized carbons (Fsp3) is 0.267. The fourth-order valence-corrected chi connectivity index (χ4v) is 3.41. The van der Waals surface area contributed by atoms with Gasteiger partial charge in [-0.25, -0.2) is 4.98 Å². The van der Waals surface area contributed by atoms with Crippen LogP contribution in [0.1, 0.15) is 18.4 Å². The minimum Gasteiger partial charge on any atom is -0.380 e. The zero-order chi connectivity index (χ0) is 13.2. The van der Waals surface area contributed by atoms with Crippen molar-refractivity contribution in [3.63, 3.8) is 0 Å². The third kappa shape index (κ3) is 2.67. The average Bonchev–Trinajstić information content (AvgIpc) is 2.79. The molecule has 0 amide bonds. The highest BCUT2D eigenvalue weighted by molar-refractivity contribution is 7.18. The number of pyridine rings is 1. The molecule has 1 N–H and O–H groups in total. The van der Waals surface area contributed by atoms with Gasteiger partial charge in [-0.1, -0.05) is 35.4 Å². The molecule has 0 saturated carbocycles. The summed E-state index contributed by atoms with van der Waals surface area (Å²) in [5.41, 5.74) is 4.71. The summed E-state index contributed by atoms with van der Waals surface area (Å²) in [5.74, 6) is 0. The van der Waals surface area contributed by atoms with Gasteiger partial charge in [0.25, 0.3) is 0 Å². The maximum Gasteiger partial charge on any atom is 0.131 e. The van der Waals surface area contributed by atoms with Crippen LogP contribution in [0.2, 0.25) is 5.15 Å². The van der Waals surface area contributed by atoms with E-state index in [1.165, 1.54) is 15.8 Å². The third-order valence-electron chi connectivity index (χ3n) is 3.27. The highest BCUT2D eigenvalue weighted by atomic mass is 35.5. The van der Waals surface area contributed by atoms with E-state index in [4.69, 9.17) is 11.6 Å². The Balaban J connectivity index is 1.88. The molecule has 0 spiro atoms. The summed E-state index contributed by atoms with van der Waals surface area (Å²) >= 11 is 7.82. The predicted octanol–water partition coefficient (Wildman–Crippen LogP) is 4.95. The lowest BCUT2D eigenvalue weighted by Crippen LogP contribution is -2.06. The summed E-state index contributed by atoms with van der Waals surface area (Å²) in [6, 6.07) is 1.92. The molecule has 2 heterocycles. The smallest absolute Gasteiger partial charge is 0.131 e. The van der Waals surface area contributed by atoms with Crippen LogP contribution in [-0.4, -0.2) is 11.5 Å². The Labute approximate surface area is 121 Å². The van der Waals surface area contributed by atoms with Crippen molar-refractivity contribution in [2.24, 2.45) is 0 Å². The number of rotatable bonds is 3. The van der Waals surface area contributed by atoms with Gasteiger partial charge in [-0.15, -0.1) is 11.3 Å². The number of hydrogen-bond donors (Lipinski definition) is 1. The highest BCUT2D eigenvalue weighted by Gasteiger charge is 2.09. The van der Waals surface area contributed by atoms with Crippen LogP contribution < -0.4 is 5.32 Å². The first-order valence-corrected chi connectivity index (χ1v) is 7.62. The molecule has 0 atom stereocenters. The number of nitrogens with zero attached hydrogens (tertiary/aromatic N) is 1. The van der Waals surface area contributed by atoms with E-state index >= 15 is 0 Å². The SMILES string of the molecule is Cc1csc2c(NCC3=CC=CCC3)cc(Cl)nc12. The van der Waals surface area contributed by atoms with E-state index in [0.717, 1.165) is 30.6 Å². The Morgan fingerprint density at radius 3 is 3.16 bits per heavy atom. The molecule has 2 aromatic rings. The average molecular weight is 291 g/mol. The molecule has 98 valence electrons. The van der Waals surface area contributed by atoms with Crippen LogP contribution in [0.25, 0.3) is 10.2 Å². The Morgan fingerprint density at radius 2 is 2.37 bits per heavy atom. The van der Waals surface area contributed by atoms with Crippen molar-refractivity contribution in [1.29, 1.82) is 0 Å². The first-order chi connectivity index (χ1) is 9.24. The molecule has 3 rings (SSSR count). The van der Waals surface area contributed by atoms with Crippen molar-refractivity contribution in [3.8, 4) is 0 Å².